The van der Waals surface area contributed by atoms with Crippen molar-refractivity contribution >= 4 is 5.95 Å². The minimum atomic E-state index is -0.520. The Morgan fingerprint density at radius 3 is 2.04 bits per heavy atom. The smallest absolute Gasteiger partial charge is 0.225 e. The summed E-state index contributed by atoms with van der Waals surface area (Å²) in [6.07, 6.45) is 6.37. The molecule has 2 aliphatic heterocycles. The van der Waals surface area contributed by atoms with Crippen molar-refractivity contribution in [3.63, 3.8) is 0 Å². The van der Waals surface area contributed by atoms with E-state index in [0.29, 0.717) is 17.9 Å². The highest BCUT2D eigenvalue weighted by atomic mass is 16.3. The Balaban J connectivity index is 1.33. The van der Waals surface area contributed by atoms with Crippen molar-refractivity contribution in [2.24, 2.45) is 11.8 Å². The summed E-state index contributed by atoms with van der Waals surface area (Å²) in [6, 6.07) is 2.47. The first-order chi connectivity index (χ1) is 11.2. The number of rotatable bonds is 2. The van der Waals surface area contributed by atoms with Gasteiger partial charge in [-0.15, -0.1) is 0 Å². The van der Waals surface area contributed by atoms with Gasteiger partial charge >= 0.3 is 0 Å². The lowest BCUT2D eigenvalue weighted by Gasteiger charge is -2.36. The number of hydrogen-bond donors (Lipinski definition) is 2. The molecule has 0 aromatic carbocycles. The topological polar surface area (TPSA) is 72.7 Å². The first-order valence-electron chi connectivity index (χ1n) is 8.83. The molecule has 23 heavy (non-hydrogen) atoms. The standard InChI is InChI=1S/C17H26N4O2/c22-15-8-12-10-21(11-13(12)9-16(15)23)14-2-6-20(7-3-14)17-18-4-1-5-19-17/h1,4-5,12-16,22-23H,2-3,6-11H2/t12-,13+,15+,16-. The number of aromatic nitrogens is 2. The Labute approximate surface area is 137 Å². The van der Waals surface area contributed by atoms with Crippen molar-refractivity contribution in [1.82, 2.24) is 14.9 Å². The van der Waals surface area contributed by atoms with Crippen molar-refractivity contribution < 1.29 is 10.2 Å². The summed E-state index contributed by atoms with van der Waals surface area (Å²) in [5, 5.41) is 19.8. The fourth-order valence-electron chi connectivity index (χ4n) is 4.63. The van der Waals surface area contributed by atoms with Crippen LogP contribution in [-0.4, -0.2) is 69.5 Å². The van der Waals surface area contributed by atoms with Crippen LogP contribution >= 0.6 is 0 Å². The van der Waals surface area contributed by atoms with E-state index >= 15 is 0 Å². The Bertz CT molecular complexity index is 503. The van der Waals surface area contributed by atoms with Gasteiger partial charge in [-0.2, -0.15) is 0 Å². The number of aliphatic hydroxyl groups excluding tert-OH is 2. The molecule has 4 rings (SSSR count). The third-order valence-electron chi connectivity index (χ3n) is 5.95. The van der Waals surface area contributed by atoms with Gasteiger partial charge in [-0.05, 0) is 43.6 Å². The van der Waals surface area contributed by atoms with Crippen molar-refractivity contribution in [2.75, 3.05) is 31.1 Å². The van der Waals surface area contributed by atoms with Crippen LogP contribution in [0.25, 0.3) is 0 Å². The number of aliphatic hydroxyl groups is 2. The maximum atomic E-state index is 9.89. The third-order valence-corrected chi connectivity index (χ3v) is 5.95. The zero-order valence-corrected chi connectivity index (χ0v) is 13.5. The van der Waals surface area contributed by atoms with Crippen molar-refractivity contribution in [1.29, 1.82) is 0 Å². The van der Waals surface area contributed by atoms with Crippen molar-refractivity contribution in [3.8, 4) is 0 Å². The molecule has 1 aromatic rings. The lowest BCUT2D eigenvalue weighted by atomic mass is 9.79. The highest BCUT2D eigenvalue weighted by molar-refractivity contribution is 5.29. The second-order valence-corrected chi connectivity index (χ2v) is 7.35. The summed E-state index contributed by atoms with van der Waals surface area (Å²) in [5.74, 6) is 1.96. The van der Waals surface area contributed by atoms with Crippen molar-refractivity contribution in [3.05, 3.63) is 18.5 Å². The first-order valence-corrected chi connectivity index (χ1v) is 8.83. The normalized spacial score (nSPS) is 36.2. The van der Waals surface area contributed by atoms with Crippen LogP contribution in [0.5, 0.6) is 0 Å². The molecule has 3 heterocycles. The first kappa shape index (κ1) is 15.3. The molecule has 0 radical (unpaired) electrons. The Morgan fingerprint density at radius 2 is 1.48 bits per heavy atom. The quantitative estimate of drug-likeness (QED) is 0.828. The van der Waals surface area contributed by atoms with Crippen LogP contribution in [0, 0.1) is 11.8 Å². The van der Waals surface area contributed by atoms with E-state index in [-0.39, 0.29) is 0 Å². The molecule has 6 heteroatoms. The van der Waals surface area contributed by atoms with Gasteiger partial charge in [0, 0.05) is 44.6 Å². The Hall–Kier alpha value is -1.24. The van der Waals surface area contributed by atoms with E-state index in [1.165, 1.54) is 0 Å². The molecule has 126 valence electrons. The van der Waals surface area contributed by atoms with Gasteiger partial charge in [-0.25, -0.2) is 9.97 Å². The molecule has 3 aliphatic rings. The molecule has 0 spiro atoms. The van der Waals surface area contributed by atoms with Gasteiger partial charge in [-0.1, -0.05) is 0 Å². The second kappa shape index (κ2) is 6.34. The van der Waals surface area contributed by atoms with Crippen molar-refractivity contribution in [2.45, 2.75) is 43.9 Å². The highest BCUT2D eigenvalue weighted by Crippen LogP contribution is 2.38. The molecule has 0 bridgehead atoms. The SMILES string of the molecule is O[C@@H]1C[C@H]2CN(C3CCN(c4ncccn4)CC3)C[C@H]2C[C@@H]1O. The van der Waals surface area contributed by atoms with Crippen LogP contribution in [0.4, 0.5) is 5.95 Å². The van der Waals surface area contributed by atoms with E-state index in [1.807, 2.05) is 6.07 Å². The maximum absolute atomic E-state index is 9.89. The van der Waals surface area contributed by atoms with Crippen LogP contribution < -0.4 is 4.90 Å². The van der Waals surface area contributed by atoms with Gasteiger partial charge in [0.15, 0.2) is 0 Å². The zero-order valence-electron chi connectivity index (χ0n) is 13.5. The molecular weight excluding hydrogens is 292 g/mol. The molecule has 1 aromatic heterocycles. The van der Waals surface area contributed by atoms with Crippen LogP contribution in [0.3, 0.4) is 0 Å². The summed E-state index contributed by atoms with van der Waals surface area (Å²) in [7, 11) is 0. The van der Waals surface area contributed by atoms with Crippen LogP contribution in [0.15, 0.2) is 18.5 Å². The van der Waals surface area contributed by atoms with Gasteiger partial charge in [0.2, 0.25) is 5.95 Å². The fraction of sp³-hybridized carbons (Fsp3) is 0.765. The van der Waals surface area contributed by atoms with E-state index in [1.54, 1.807) is 12.4 Å². The van der Waals surface area contributed by atoms with E-state index in [0.717, 1.165) is 57.8 Å². The van der Waals surface area contributed by atoms with Gasteiger partial charge in [0.1, 0.15) is 0 Å². The van der Waals surface area contributed by atoms with E-state index in [2.05, 4.69) is 19.8 Å². The molecule has 2 N–H and O–H groups in total. The number of hydrogen-bond acceptors (Lipinski definition) is 6. The monoisotopic (exact) mass is 318 g/mol. The number of fused-ring (bicyclic) bond motifs is 1. The van der Waals surface area contributed by atoms with E-state index in [9.17, 15) is 10.2 Å². The third kappa shape index (κ3) is 3.07. The molecule has 4 atom stereocenters. The molecular formula is C17H26N4O2. The predicted octanol–water partition coefficient (Wildman–Crippen LogP) is 0.509. The molecule has 0 unspecified atom stereocenters. The molecule has 2 saturated heterocycles. The second-order valence-electron chi connectivity index (χ2n) is 7.35. The van der Waals surface area contributed by atoms with E-state index in [4.69, 9.17) is 0 Å². The van der Waals surface area contributed by atoms with E-state index < -0.39 is 12.2 Å². The van der Waals surface area contributed by atoms with Crippen LogP contribution in [0.2, 0.25) is 0 Å². The summed E-state index contributed by atoms with van der Waals surface area (Å²) in [4.78, 5) is 13.6. The number of likely N-dealkylation sites (tertiary alicyclic amines) is 1. The average molecular weight is 318 g/mol. The lowest BCUT2D eigenvalue weighted by molar-refractivity contribution is -0.0372. The number of piperidine rings is 1. The van der Waals surface area contributed by atoms with Crippen LogP contribution in [0.1, 0.15) is 25.7 Å². The molecule has 3 fully saturated rings. The van der Waals surface area contributed by atoms with Gasteiger partial charge in [-0.3, -0.25) is 4.90 Å². The number of anilines is 1. The zero-order chi connectivity index (χ0) is 15.8. The molecule has 1 aliphatic carbocycles. The predicted molar refractivity (Wildman–Crippen MR) is 87.1 cm³/mol. The minimum absolute atomic E-state index is 0.520. The fourth-order valence-corrected chi connectivity index (χ4v) is 4.63. The summed E-state index contributed by atoms with van der Waals surface area (Å²) in [6.45, 7) is 4.18. The Kier molecular flexibility index (Phi) is 4.22. The summed E-state index contributed by atoms with van der Waals surface area (Å²) >= 11 is 0. The molecule has 6 nitrogen and oxygen atoms in total. The molecule has 0 amide bonds. The highest BCUT2D eigenvalue weighted by Gasteiger charge is 2.43. The average Bonchev–Trinajstić information content (AvgIpc) is 2.99. The largest absolute Gasteiger partial charge is 0.390 e. The summed E-state index contributed by atoms with van der Waals surface area (Å²) < 4.78 is 0. The lowest BCUT2D eigenvalue weighted by Crippen LogP contribution is -2.44. The summed E-state index contributed by atoms with van der Waals surface area (Å²) in [5.41, 5.74) is 0. The minimum Gasteiger partial charge on any atom is -0.390 e. The number of nitrogens with zero attached hydrogens (tertiary/aromatic N) is 4. The maximum Gasteiger partial charge on any atom is 0.225 e. The van der Waals surface area contributed by atoms with Crippen LogP contribution in [-0.2, 0) is 0 Å². The molecule has 1 saturated carbocycles. The van der Waals surface area contributed by atoms with Gasteiger partial charge < -0.3 is 15.1 Å². The Morgan fingerprint density at radius 1 is 0.913 bits per heavy atom. The van der Waals surface area contributed by atoms with Gasteiger partial charge in [0.05, 0.1) is 12.2 Å². The van der Waals surface area contributed by atoms with Gasteiger partial charge in [0.25, 0.3) is 0 Å².